The number of aldehydes is 1. The SMILES string of the molecule is CC/C=C(\NCC=O)OC. The maximum atomic E-state index is 9.88. The summed E-state index contributed by atoms with van der Waals surface area (Å²) in [5, 5.41) is 2.79. The van der Waals surface area contributed by atoms with Crippen LogP contribution in [0.25, 0.3) is 0 Å². The molecular weight excluding hydrogens is 130 g/mol. The van der Waals surface area contributed by atoms with Gasteiger partial charge < -0.3 is 14.8 Å². The molecule has 3 nitrogen and oxygen atoms in total. The quantitative estimate of drug-likeness (QED) is 0.454. The van der Waals surface area contributed by atoms with E-state index in [1.54, 1.807) is 7.11 Å². The number of carbonyl (C=O) groups excluding carboxylic acids is 1. The summed E-state index contributed by atoms with van der Waals surface area (Å²) in [6.07, 6.45) is 3.57. The van der Waals surface area contributed by atoms with Crippen molar-refractivity contribution in [1.82, 2.24) is 5.32 Å². The van der Waals surface area contributed by atoms with Crippen molar-refractivity contribution in [2.45, 2.75) is 13.3 Å². The molecule has 0 aliphatic rings. The largest absolute Gasteiger partial charge is 0.483 e. The lowest BCUT2D eigenvalue weighted by molar-refractivity contribution is -0.107. The summed E-state index contributed by atoms with van der Waals surface area (Å²) in [4.78, 5) is 9.88. The molecule has 1 N–H and O–H groups in total. The number of nitrogens with one attached hydrogen (secondary N) is 1. The average Bonchev–Trinajstić information content (AvgIpc) is 1.98. The number of rotatable bonds is 5. The standard InChI is InChI=1S/C7H13NO2/c1-3-4-7(10-2)8-5-6-9/h4,6,8H,3,5H2,1-2H3/b7-4+. The molecule has 0 aromatic carbocycles. The number of allylic oxidation sites excluding steroid dienone is 1. The van der Waals surface area contributed by atoms with Gasteiger partial charge in [0.1, 0.15) is 6.29 Å². The van der Waals surface area contributed by atoms with Crippen molar-refractivity contribution >= 4 is 6.29 Å². The molecule has 0 amide bonds. The maximum Gasteiger partial charge on any atom is 0.182 e. The lowest BCUT2D eigenvalue weighted by atomic mass is 10.4. The topological polar surface area (TPSA) is 38.3 Å². The van der Waals surface area contributed by atoms with Gasteiger partial charge in [0.15, 0.2) is 5.88 Å². The van der Waals surface area contributed by atoms with Crippen LogP contribution < -0.4 is 5.32 Å². The van der Waals surface area contributed by atoms with Gasteiger partial charge in [-0.2, -0.15) is 0 Å². The van der Waals surface area contributed by atoms with Crippen LogP contribution in [0.2, 0.25) is 0 Å². The second-order valence-electron chi connectivity index (χ2n) is 1.73. The highest BCUT2D eigenvalue weighted by Crippen LogP contribution is 1.90. The van der Waals surface area contributed by atoms with Crippen LogP contribution in [0, 0.1) is 0 Å². The Morgan fingerprint density at radius 1 is 1.70 bits per heavy atom. The monoisotopic (exact) mass is 143 g/mol. The predicted octanol–water partition coefficient (Wildman–Crippen LogP) is 0.673. The summed E-state index contributed by atoms with van der Waals surface area (Å²) in [5.74, 6) is 0.662. The average molecular weight is 143 g/mol. The first-order chi connectivity index (χ1) is 4.85. The van der Waals surface area contributed by atoms with Crippen molar-refractivity contribution in [1.29, 1.82) is 0 Å². The molecule has 0 saturated heterocycles. The summed E-state index contributed by atoms with van der Waals surface area (Å²) < 4.78 is 4.88. The van der Waals surface area contributed by atoms with Crippen molar-refractivity contribution in [3.05, 3.63) is 12.0 Å². The van der Waals surface area contributed by atoms with Crippen molar-refractivity contribution in [2.75, 3.05) is 13.7 Å². The van der Waals surface area contributed by atoms with E-state index in [9.17, 15) is 4.79 Å². The third-order valence-electron chi connectivity index (χ3n) is 0.969. The molecule has 58 valence electrons. The van der Waals surface area contributed by atoms with Crippen LogP contribution in [0.3, 0.4) is 0 Å². The van der Waals surface area contributed by atoms with Crippen LogP contribution in [0.4, 0.5) is 0 Å². The number of hydrogen-bond donors (Lipinski definition) is 1. The minimum Gasteiger partial charge on any atom is -0.483 e. The van der Waals surface area contributed by atoms with Crippen LogP contribution in [-0.4, -0.2) is 19.9 Å². The number of methoxy groups -OCH3 is 1. The van der Waals surface area contributed by atoms with Gasteiger partial charge in [-0.15, -0.1) is 0 Å². The summed E-state index contributed by atoms with van der Waals surface area (Å²) in [7, 11) is 1.57. The normalized spacial score (nSPS) is 10.8. The van der Waals surface area contributed by atoms with Crippen molar-refractivity contribution in [3.63, 3.8) is 0 Å². The molecular formula is C7H13NO2. The molecule has 0 aromatic rings. The summed E-state index contributed by atoms with van der Waals surface area (Å²) in [5.41, 5.74) is 0. The van der Waals surface area contributed by atoms with E-state index in [0.717, 1.165) is 12.7 Å². The van der Waals surface area contributed by atoms with Gasteiger partial charge >= 0.3 is 0 Å². The van der Waals surface area contributed by atoms with Crippen LogP contribution >= 0.6 is 0 Å². The Morgan fingerprint density at radius 2 is 2.40 bits per heavy atom. The van der Waals surface area contributed by atoms with Gasteiger partial charge in [-0.1, -0.05) is 6.92 Å². The molecule has 0 spiro atoms. The van der Waals surface area contributed by atoms with Crippen LogP contribution in [0.15, 0.2) is 12.0 Å². The Bertz CT molecular complexity index is 121. The second-order valence-corrected chi connectivity index (χ2v) is 1.73. The number of hydrogen-bond acceptors (Lipinski definition) is 3. The zero-order valence-electron chi connectivity index (χ0n) is 6.39. The van der Waals surface area contributed by atoms with E-state index in [-0.39, 0.29) is 0 Å². The Morgan fingerprint density at radius 3 is 2.80 bits per heavy atom. The van der Waals surface area contributed by atoms with Gasteiger partial charge in [-0.25, -0.2) is 0 Å². The van der Waals surface area contributed by atoms with Gasteiger partial charge in [-0.3, -0.25) is 0 Å². The lowest BCUT2D eigenvalue weighted by Gasteiger charge is -2.04. The van der Waals surface area contributed by atoms with E-state index in [4.69, 9.17) is 4.74 Å². The Hall–Kier alpha value is -0.990. The molecule has 3 heteroatoms. The van der Waals surface area contributed by atoms with Gasteiger partial charge in [0.05, 0.1) is 13.7 Å². The predicted molar refractivity (Wildman–Crippen MR) is 39.4 cm³/mol. The highest BCUT2D eigenvalue weighted by atomic mass is 16.5. The van der Waals surface area contributed by atoms with Gasteiger partial charge in [0.2, 0.25) is 0 Å². The van der Waals surface area contributed by atoms with Crippen LogP contribution in [0.1, 0.15) is 13.3 Å². The molecule has 0 atom stereocenters. The Labute approximate surface area is 61.1 Å². The minimum absolute atomic E-state index is 0.305. The maximum absolute atomic E-state index is 9.88. The van der Waals surface area contributed by atoms with E-state index < -0.39 is 0 Å². The fourth-order valence-corrected chi connectivity index (χ4v) is 0.555. The molecule has 0 aromatic heterocycles. The molecule has 0 fully saturated rings. The van der Waals surface area contributed by atoms with Crippen LogP contribution in [-0.2, 0) is 9.53 Å². The lowest BCUT2D eigenvalue weighted by Crippen LogP contribution is -2.16. The van der Waals surface area contributed by atoms with E-state index in [1.807, 2.05) is 13.0 Å². The Kier molecular flexibility index (Phi) is 5.53. The third kappa shape index (κ3) is 3.95. The number of carbonyl (C=O) groups is 1. The fraction of sp³-hybridized carbons (Fsp3) is 0.571. The van der Waals surface area contributed by atoms with Crippen molar-refractivity contribution < 1.29 is 9.53 Å². The van der Waals surface area contributed by atoms with Gasteiger partial charge in [0, 0.05) is 0 Å². The van der Waals surface area contributed by atoms with E-state index in [1.165, 1.54) is 0 Å². The summed E-state index contributed by atoms with van der Waals surface area (Å²) in [6, 6.07) is 0. The Balaban J connectivity index is 3.59. The minimum atomic E-state index is 0.305. The van der Waals surface area contributed by atoms with Crippen molar-refractivity contribution in [3.8, 4) is 0 Å². The highest BCUT2D eigenvalue weighted by molar-refractivity contribution is 5.52. The molecule has 0 unspecified atom stereocenters. The third-order valence-corrected chi connectivity index (χ3v) is 0.969. The number of ether oxygens (including phenoxy) is 1. The smallest absolute Gasteiger partial charge is 0.182 e. The molecule has 10 heavy (non-hydrogen) atoms. The first-order valence-corrected chi connectivity index (χ1v) is 3.26. The second kappa shape index (κ2) is 6.13. The zero-order chi connectivity index (χ0) is 7.82. The molecule has 0 bridgehead atoms. The molecule has 0 aliphatic carbocycles. The van der Waals surface area contributed by atoms with Gasteiger partial charge in [0.25, 0.3) is 0 Å². The first-order valence-electron chi connectivity index (χ1n) is 3.26. The first kappa shape index (κ1) is 9.01. The molecule has 0 rings (SSSR count). The van der Waals surface area contributed by atoms with Crippen molar-refractivity contribution in [2.24, 2.45) is 0 Å². The molecule has 0 saturated carbocycles. The summed E-state index contributed by atoms with van der Waals surface area (Å²) >= 11 is 0. The summed E-state index contributed by atoms with van der Waals surface area (Å²) in [6.45, 7) is 2.31. The van der Waals surface area contributed by atoms with E-state index in [0.29, 0.717) is 12.4 Å². The molecule has 0 radical (unpaired) electrons. The van der Waals surface area contributed by atoms with E-state index >= 15 is 0 Å². The molecule has 0 heterocycles. The van der Waals surface area contributed by atoms with Crippen LogP contribution in [0.5, 0.6) is 0 Å². The van der Waals surface area contributed by atoms with E-state index in [2.05, 4.69) is 5.32 Å². The highest BCUT2D eigenvalue weighted by Gasteiger charge is 1.89. The van der Waals surface area contributed by atoms with Gasteiger partial charge in [-0.05, 0) is 12.5 Å². The fourth-order valence-electron chi connectivity index (χ4n) is 0.555. The zero-order valence-corrected chi connectivity index (χ0v) is 6.39. The molecule has 0 aliphatic heterocycles.